The fourth-order valence-corrected chi connectivity index (χ4v) is 4.57. The van der Waals surface area contributed by atoms with E-state index in [4.69, 9.17) is 4.74 Å². The molecule has 0 radical (unpaired) electrons. The fraction of sp³-hybridized carbons (Fsp3) is 0.400. The summed E-state index contributed by atoms with van der Waals surface area (Å²) >= 11 is 0. The minimum absolute atomic E-state index is 0.0152. The molecule has 1 unspecified atom stereocenters. The summed E-state index contributed by atoms with van der Waals surface area (Å²) in [5, 5.41) is 35.7. The van der Waals surface area contributed by atoms with Gasteiger partial charge in [0.05, 0.1) is 25.3 Å². The second-order valence-corrected chi connectivity index (χ2v) is 9.07. The largest absolute Gasteiger partial charge is 0.505 e. The number of nitrogens with one attached hydrogen (secondary N) is 2. The van der Waals surface area contributed by atoms with E-state index in [9.17, 15) is 34.1 Å². The molecule has 3 heterocycles. The van der Waals surface area contributed by atoms with Crippen LogP contribution < -0.4 is 10.6 Å². The summed E-state index contributed by atoms with van der Waals surface area (Å²) in [5.74, 6) is -4.67. The van der Waals surface area contributed by atoms with Gasteiger partial charge in [0.15, 0.2) is 17.4 Å². The molecular formula is C25H29FN4O7. The molecule has 4 rings (SSSR count). The van der Waals surface area contributed by atoms with Crippen LogP contribution >= 0.6 is 0 Å². The van der Waals surface area contributed by atoms with Gasteiger partial charge in [0.2, 0.25) is 11.8 Å². The topological polar surface area (TPSA) is 152 Å². The number of aliphatic hydroxyl groups is 3. The zero-order valence-corrected chi connectivity index (χ0v) is 20.1. The number of rotatable bonds is 7. The zero-order valence-electron chi connectivity index (χ0n) is 20.1. The Bertz CT molecular complexity index is 1190. The summed E-state index contributed by atoms with van der Waals surface area (Å²) in [6.07, 6.45) is 0.0778. The Morgan fingerprint density at radius 2 is 1.92 bits per heavy atom. The first kappa shape index (κ1) is 26.2. The number of nitrogens with zero attached hydrogens (tertiary/aromatic N) is 2. The number of hydrogen-bond donors (Lipinski definition) is 5. The molecule has 3 amide bonds. The van der Waals surface area contributed by atoms with E-state index in [1.807, 2.05) is 0 Å². The van der Waals surface area contributed by atoms with Gasteiger partial charge in [-0.3, -0.25) is 24.6 Å². The van der Waals surface area contributed by atoms with Gasteiger partial charge in [-0.25, -0.2) is 4.39 Å². The van der Waals surface area contributed by atoms with Crippen LogP contribution in [0.25, 0.3) is 0 Å². The Labute approximate surface area is 212 Å². The quantitative estimate of drug-likeness (QED) is 0.203. The van der Waals surface area contributed by atoms with Crippen molar-refractivity contribution in [2.45, 2.75) is 32.0 Å². The smallest absolute Gasteiger partial charge is 0.259 e. The molecule has 3 saturated heterocycles. The highest BCUT2D eigenvalue weighted by atomic mass is 19.1. The third-order valence-electron chi connectivity index (χ3n) is 6.55. The van der Waals surface area contributed by atoms with Crippen molar-refractivity contribution in [3.05, 3.63) is 70.3 Å². The van der Waals surface area contributed by atoms with Crippen LogP contribution in [0.3, 0.4) is 0 Å². The van der Waals surface area contributed by atoms with Crippen molar-refractivity contribution in [1.29, 1.82) is 0 Å². The lowest BCUT2D eigenvalue weighted by atomic mass is 10.0. The van der Waals surface area contributed by atoms with Crippen molar-refractivity contribution in [3.63, 3.8) is 0 Å². The number of ether oxygens (including phenoxy) is 1. The first-order valence-corrected chi connectivity index (χ1v) is 11.9. The molecule has 5 N–H and O–H groups in total. The lowest BCUT2D eigenvalue weighted by Crippen LogP contribution is -2.53. The lowest BCUT2D eigenvalue weighted by molar-refractivity contribution is -0.142. The van der Waals surface area contributed by atoms with Crippen LogP contribution in [0.15, 0.2) is 53.3 Å². The number of aliphatic hydroxyl groups excluding tert-OH is 3. The minimum Gasteiger partial charge on any atom is -0.505 e. The maximum Gasteiger partial charge on any atom is 0.259 e. The number of benzene rings is 1. The monoisotopic (exact) mass is 516 g/mol. The molecule has 1 atom stereocenters. The Kier molecular flexibility index (Phi) is 7.79. The first-order chi connectivity index (χ1) is 17.7. The van der Waals surface area contributed by atoms with Crippen LogP contribution in [0, 0.1) is 5.82 Å². The summed E-state index contributed by atoms with van der Waals surface area (Å²) in [5.41, 5.74) is 0.601. The SMILES string of the molecule is C=C(O)/C(O)=C1/C(=O)N(C2CCC(=O)NC2=O)C/C1=C(/O)NCc1cc(CN2CCOCC2)ccc1F. The highest BCUT2D eigenvalue weighted by molar-refractivity contribution is 6.07. The van der Waals surface area contributed by atoms with Gasteiger partial charge in [-0.05, 0) is 24.1 Å². The molecule has 0 bridgehead atoms. The second-order valence-electron chi connectivity index (χ2n) is 9.07. The molecule has 3 aliphatic rings. The fourth-order valence-electron chi connectivity index (χ4n) is 4.57. The van der Waals surface area contributed by atoms with Gasteiger partial charge >= 0.3 is 0 Å². The van der Waals surface area contributed by atoms with Crippen molar-refractivity contribution >= 4 is 17.7 Å². The van der Waals surface area contributed by atoms with E-state index in [0.717, 1.165) is 23.6 Å². The average molecular weight is 517 g/mol. The number of piperidine rings is 1. The molecule has 1 aromatic rings. The zero-order chi connectivity index (χ0) is 26.7. The van der Waals surface area contributed by atoms with Crippen molar-refractivity contribution in [1.82, 2.24) is 20.4 Å². The van der Waals surface area contributed by atoms with Gasteiger partial charge in [0.25, 0.3) is 5.91 Å². The number of morpholine rings is 1. The van der Waals surface area contributed by atoms with Crippen molar-refractivity contribution in [2.24, 2.45) is 0 Å². The van der Waals surface area contributed by atoms with Crippen molar-refractivity contribution in [3.8, 4) is 0 Å². The molecule has 0 aliphatic carbocycles. The van der Waals surface area contributed by atoms with E-state index in [1.54, 1.807) is 12.1 Å². The molecule has 0 aromatic heterocycles. The van der Waals surface area contributed by atoms with Crippen LogP contribution in [-0.4, -0.2) is 81.7 Å². The van der Waals surface area contributed by atoms with Crippen LogP contribution in [0.1, 0.15) is 24.0 Å². The minimum atomic E-state index is -1.01. The van der Waals surface area contributed by atoms with Gasteiger partial charge in [-0.2, -0.15) is 0 Å². The standard InChI is InChI=1S/C25H29FN4O7/c1-14(31)22(33)21-17(13-30(25(21)36)19-4-5-20(32)28-24(19)35)23(34)27-11-16-10-15(2-3-18(16)26)12-29-6-8-37-9-7-29/h2-3,10,19,27,31,33-34H,1,4-9,11-13H2,(H,28,32,35)/b22-21-,23-17-. The molecule has 1 aromatic carbocycles. The lowest BCUT2D eigenvalue weighted by Gasteiger charge is -2.28. The normalized spacial score (nSPS) is 23.6. The van der Waals surface area contributed by atoms with Crippen LogP contribution in [0.5, 0.6) is 0 Å². The highest BCUT2D eigenvalue weighted by Gasteiger charge is 2.43. The Morgan fingerprint density at radius 1 is 1.19 bits per heavy atom. The molecule has 37 heavy (non-hydrogen) atoms. The van der Waals surface area contributed by atoms with Gasteiger partial charge in [0.1, 0.15) is 11.9 Å². The van der Waals surface area contributed by atoms with E-state index in [2.05, 4.69) is 22.1 Å². The molecule has 0 spiro atoms. The summed E-state index contributed by atoms with van der Waals surface area (Å²) in [7, 11) is 0. The van der Waals surface area contributed by atoms with Crippen LogP contribution in [0.2, 0.25) is 0 Å². The summed E-state index contributed by atoms with van der Waals surface area (Å²) in [6, 6.07) is 3.69. The third kappa shape index (κ3) is 5.75. The van der Waals surface area contributed by atoms with Gasteiger partial charge in [-0.1, -0.05) is 12.6 Å². The van der Waals surface area contributed by atoms with E-state index >= 15 is 0 Å². The molecular weight excluding hydrogens is 487 g/mol. The van der Waals surface area contributed by atoms with Gasteiger partial charge in [0, 0.05) is 43.7 Å². The van der Waals surface area contributed by atoms with Gasteiger partial charge in [-0.15, -0.1) is 0 Å². The van der Waals surface area contributed by atoms with Gasteiger partial charge < -0.3 is 30.3 Å². The summed E-state index contributed by atoms with van der Waals surface area (Å²) < 4.78 is 19.9. The van der Waals surface area contributed by atoms with Crippen LogP contribution in [-0.2, 0) is 32.2 Å². The number of carbonyl (C=O) groups is 3. The van der Waals surface area contributed by atoms with E-state index in [1.165, 1.54) is 6.07 Å². The molecule has 0 saturated carbocycles. The average Bonchev–Trinajstić information content (AvgIpc) is 3.21. The highest BCUT2D eigenvalue weighted by Crippen LogP contribution is 2.32. The van der Waals surface area contributed by atoms with Crippen molar-refractivity contribution in [2.75, 3.05) is 32.8 Å². The Balaban J connectivity index is 1.55. The predicted octanol–water partition coefficient (Wildman–Crippen LogP) is 1.05. The number of halogens is 1. The number of amides is 3. The second kappa shape index (κ2) is 11.0. The van der Waals surface area contributed by atoms with E-state index < -0.39 is 52.6 Å². The predicted molar refractivity (Wildman–Crippen MR) is 128 cm³/mol. The number of likely N-dealkylation sites (tertiary alicyclic amines) is 1. The van der Waals surface area contributed by atoms with Crippen molar-refractivity contribution < 1.29 is 38.8 Å². The number of hydrogen-bond acceptors (Lipinski definition) is 9. The Morgan fingerprint density at radius 3 is 2.59 bits per heavy atom. The maximum atomic E-state index is 14.5. The first-order valence-electron chi connectivity index (χ1n) is 11.9. The Hall–Kier alpha value is -3.90. The van der Waals surface area contributed by atoms with E-state index in [0.29, 0.717) is 19.8 Å². The number of carbonyl (C=O) groups excluding carboxylic acids is 3. The molecule has 11 nitrogen and oxygen atoms in total. The molecule has 3 fully saturated rings. The molecule has 12 heteroatoms. The summed E-state index contributed by atoms with van der Waals surface area (Å²) in [4.78, 5) is 40.2. The summed E-state index contributed by atoms with van der Waals surface area (Å²) in [6.45, 7) is 6.20. The van der Waals surface area contributed by atoms with Crippen LogP contribution in [0.4, 0.5) is 4.39 Å². The maximum absolute atomic E-state index is 14.5. The number of imide groups is 1. The third-order valence-corrected chi connectivity index (χ3v) is 6.55. The van der Waals surface area contributed by atoms with E-state index in [-0.39, 0.29) is 37.1 Å². The molecule has 3 aliphatic heterocycles. The molecule has 198 valence electrons.